The van der Waals surface area contributed by atoms with Gasteiger partial charge in [-0.1, -0.05) is 18.2 Å². The van der Waals surface area contributed by atoms with Crippen molar-refractivity contribution >= 4 is 23.4 Å². The van der Waals surface area contributed by atoms with E-state index in [-0.39, 0.29) is 18.3 Å². The van der Waals surface area contributed by atoms with E-state index in [0.29, 0.717) is 17.8 Å². The number of amides is 1. The molecule has 0 atom stereocenters. The molecule has 5 heteroatoms. The molecule has 0 radical (unpaired) electrons. The second kappa shape index (κ2) is 8.13. The molecule has 0 heterocycles. The molecule has 0 bridgehead atoms. The highest BCUT2D eigenvalue weighted by atomic mass is 32.2. The van der Waals surface area contributed by atoms with Crippen LogP contribution in [0.5, 0.6) is 0 Å². The number of aryl methyl sites for hydroxylation is 1. The molecule has 0 aromatic heterocycles. The van der Waals surface area contributed by atoms with Gasteiger partial charge in [0.05, 0.1) is 6.54 Å². The third-order valence-electron chi connectivity index (χ3n) is 3.48. The minimum Gasteiger partial charge on any atom is -0.325 e. The zero-order valence-corrected chi connectivity index (χ0v) is 14.4. The summed E-state index contributed by atoms with van der Waals surface area (Å²) in [6.45, 7) is 2.63. The zero-order chi connectivity index (χ0) is 16.8. The van der Waals surface area contributed by atoms with Gasteiger partial charge in [-0.05, 0) is 55.6 Å². The van der Waals surface area contributed by atoms with Crippen LogP contribution in [-0.2, 0) is 11.3 Å². The van der Waals surface area contributed by atoms with Crippen molar-refractivity contribution in [1.29, 1.82) is 0 Å². The number of carbonyl (C=O) groups excluding carboxylic acids is 1. The first-order valence-electron chi connectivity index (χ1n) is 7.35. The number of thioether (sulfide) groups is 1. The number of benzene rings is 2. The summed E-state index contributed by atoms with van der Waals surface area (Å²) in [7, 11) is 1.89. The minimum absolute atomic E-state index is 0.156. The van der Waals surface area contributed by atoms with E-state index < -0.39 is 0 Å². The lowest BCUT2D eigenvalue weighted by Gasteiger charge is -2.16. The summed E-state index contributed by atoms with van der Waals surface area (Å²) < 4.78 is 13.5. The first kappa shape index (κ1) is 17.5. The average Bonchev–Trinajstić information content (AvgIpc) is 2.51. The Morgan fingerprint density at radius 3 is 2.52 bits per heavy atom. The molecule has 2 rings (SSSR count). The maximum absolute atomic E-state index is 13.5. The van der Waals surface area contributed by atoms with Crippen molar-refractivity contribution in [3.63, 3.8) is 0 Å². The summed E-state index contributed by atoms with van der Waals surface area (Å²) >= 11 is 1.70. The van der Waals surface area contributed by atoms with E-state index in [4.69, 9.17) is 0 Å². The third-order valence-corrected chi connectivity index (χ3v) is 4.22. The summed E-state index contributed by atoms with van der Waals surface area (Å²) in [6.07, 6.45) is 2.04. The van der Waals surface area contributed by atoms with Crippen LogP contribution in [0.15, 0.2) is 47.4 Å². The topological polar surface area (TPSA) is 32.3 Å². The molecule has 1 N–H and O–H groups in total. The van der Waals surface area contributed by atoms with Crippen molar-refractivity contribution in [1.82, 2.24) is 4.90 Å². The summed E-state index contributed by atoms with van der Waals surface area (Å²) in [5.41, 5.74) is 2.20. The molecule has 0 aliphatic rings. The SMILES string of the molecule is CSc1ccc(CN(C)CC(=O)Nc2ccc(C)c(F)c2)cc1. The van der Waals surface area contributed by atoms with Crippen LogP contribution in [0.1, 0.15) is 11.1 Å². The molecule has 23 heavy (non-hydrogen) atoms. The predicted octanol–water partition coefficient (Wildman–Crippen LogP) is 3.93. The van der Waals surface area contributed by atoms with Gasteiger partial charge < -0.3 is 5.32 Å². The lowest BCUT2D eigenvalue weighted by atomic mass is 10.2. The van der Waals surface area contributed by atoms with Crippen LogP contribution >= 0.6 is 11.8 Å². The average molecular weight is 332 g/mol. The minimum atomic E-state index is -0.315. The van der Waals surface area contributed by atoms with Gasteiger partial charge in [0, 0.05) is 17.1 Å². The molecule has 0 saturated carbocycles. The Bertz CT molecular complexity index is 673. The Morgan fingerprint density at radius 1 is 1.22 bits per heavy atom. The van der Waals surface area contributed by atoms with E-state index in [1.165, 1.54) is 11.0 Å². The van der Waals surface area contributed by atoms with E-state index in [1.807, 2.05) is 18.2 Å². The lowest BCUT2D eigenvalue weighted by Crippen LogP contribution is -2.29. The van der Waals surface area contributed by atoms with Gasteiger partial charge in [0.2, 0.25) is 5.91 Å². The fraction of sp³-hybridized carbons (Fsp3) is 0.278. The predicted molar refractivity (Wildman–Crippen MR) is 94.3 cm³/mol. The summed E-state index contributed by atoms with van der Waals surface area (Å²) in [5, 5.41) is 2.72. The van der Waals surface area contributed by atoms with Crippen molar-refractivity contribution in [3.8, 4) is 0 Å². The summed E-state index contributed by atoms with van der Waals surface area (Å²) in [6, 6.07) is 13.0. The smallest absolute Gasteiger partial charge is 0.238 e. The fourth-order valence-electron chi connectivity index (χ4n) is 2.21. The maximum Gasteiger partial charge on any atom is 0.238 e. The molecular weight excluding hydrogens is 311 g/mol. The van der Waals surface area contributed by atoms with E-state index in [9.17, 15) is 9.18 Å². The second-order valence-electron chi connectivity index (χ2n) is 5.53. The third kappa shape index (κ3) is 5.37. The van der Waals surface area contributed by atoms with Crippen LogP contribution in [0.2, 0.25) is 0 Å². The lowest BCUT2D eigenvalue weighted by molar-refractivity contribution is -0.117. The number of nitrogens with zero attached hydrogens (tertiary/aromatic N) is 1. The number of nitrogens with one attached hydrogen (secondary N) is 1. The standard InChI is InChI=1S/C18H21FN2OS/c1-13-4-7-15(10-17(13)19)20-18(22)12-21(2)11-14-5-8-16(23-3)9-6-14/h4-10H,11-12H2,1-3H3,(H,20,22). The van der Waals surface area contributed by atoms with Crippen LogP contribution in [-0.4, -0.2) is 30.7 Å². The van der Waals surface area contributed by atoms with Crippen LogP contribution in [0.3, 0.4) is 0 Å². The Hall–Kier alpha value is -1.85. The van der Waals surface area contributed by atoms with Crippen molar-refractivity contribution < 1.29 is 9.18 Å². The molecule has 0 spiro atoms. The Kier molecular flexibility index (Phi) is 6.19. The number of anilines is 1. The van der Waals surface area contributed by atoms with E-state index in [0.717, 1.165) is 5.56 Å². The van der Waals surface area contributed by atoms with Gasteiger partial charge in [0.15, 0.2) is 0 Å². The number of likely N-dealkylation sites (N-methyl/N-ethyl adjacent to an activating group) is 1. The molecule has 0 unspecified atom stereocenters. The summed E-state index contributed by atoms with van der Waals surface area (Å²) in [5.74, 6) is -0.471. The van der Waals surface area contributed by atoms with Crippen molar-refractivity contribution in [2.45, 2.75) is 18.4 Å². The number of carbonyl (C=O) groups is 1. The number of rotatable bonds is 6. The maximum atomic E-state index is 13.5. The molecule has 2 aromatic rings. The van der Waals surface area contributed by atoms with Crippen LogP contribution in [0.4, 0.5) is 10.1 Å². The van der Waals surface area contributed by atoms with E-state index >= 15 is 0 Å². The van der Waals surface area contributed by atoms with Crippen molar-refractivity contribution in [2.75, 3.05) is 25.2 Å². The molecule has 122 valence electrons. The van der Waals surface area contributed by atoms with Crippen LogP contribution in [0.25, 0.3) is 0 Å². The zero-order valence-electron chi connectivity index (χ0n) is 13.6. The Balaban J connectivity index is 1.87. The molecule has 0 saturated heterocycles. The second-order valence-corrected chi connectivity index (χ2v) is 6.41. The molecule has 2 aromatic carbocycles. The van der Waals surface area contributed by atoms with Gasteiger partial charge in [-0.15, -0.1) is 11.8 Å². The Labute approximate surface area is 140 Å². The van der Waals surface area contributed by atoms with E-state index in [2.05, 4.69) is 29.6 Å². The van der Waals surface area contributed by atoms with Crippen LogP contribution < -0.4 is 5.32 Å². The number of halogens is 1. The highest BCUT2D eigenvalue weighted by Gasteiger charge is 2.09. The molecular formula is C18H21FN2OS. The summed E-state index contributed by atoms with van der Waals surface area (Å²) in [4.78, 5) is 15.2. The van der Waals surface area contributed by atoms with Crippen LogP contribution in [0, 0.1) is 12.7 Å². The quantitative estimate of drug-likeness (QED) is 0.814. The molecule has 0 aliphatic carbocycles. The monoisotopic (exact) mass is 332 g/mol. The highest BCUT2D eigenvalue weighted by molar-refractivity contribution is 7.98. The normalized spacial score (nSPS) is 10.8. The highest BCUT2D eigenvalue weighted by Crippen LogP contribution is 2.16. The Morgan fingerprint density at radius 2 is 1.91 bits per heavy atom. The first-order valence-corrected chi connectivity index (χ1v) is 8.58. The van der Waals surface area contributed by atoms with Gasteiger partial charge in [0.25, 0.3) is 0 Å². The molecule has 0 aliphatic heterocycles. The molecule has 1 amide bonds. The fourth-order valence-corrected chi connectivity index (χ4v) is 2.62. The molecule has 0 fully saturated rings. The van der Waals surface area contributed by atoms with Crippen molar-refractivity contribution in [3.05, 3.63) is 59.4 Å². The van der Waals surface area contributed by atoms with Gasteiger partial charge in [-0.25, -0.2) is 4.39 Å². The largest absolute Gasteiger partial charge is 0.325 e. The van der Waals surface area contributed by atoms with Crippen molar-refractivity contribution in [2.24, 2.45) is 0 Å². The van der Waals surface area contributed by atoms with Gasteiger partial charge in [-0.3, -0.25) is 9.69 Å². The van der Waals surface area contributed by atoms with Gasteiger partial charge in [-0.2, -0.15) is 0 Å². The van der Waals surface area contributed by atoms with Gasteiger partial charge in [0.1, 0.15) is 5.82 Å². The van der Waals surface area contributed by atoms with E-state index in [1.54, 1.807) is 30.8 Å². The molecule has 3 nitrogen and oxygen atoms in total. The van der Waals surface area contributed by atoms with Gasteiger partial charge >= 0.3 is 0 Å². The number of hydrogen-bond donors (Lipinski definition) is 1. The number of hydrogen-bond acceptors (Lipinski definition) is 3. The first-order chi connectivity index (χ1) is 11.0.